The molecule has 0 amide bonds. The van der Waals surface area contributed by atoms with Gasteiger partial charge in [-0.3, -0.25) is 0 Å². The van der Waals surface area contributed by atoms with E-state index in [-0.39, 0.29) is 10.9 Å². The molecule has 0 fully saturated rings. The Hall–Kier alpha value is -1.70. The molecule has 0 aliphatic rings. The molecule has 0 aliphatic carbocycles. The van der Waals surface area contributed by atoms with Crippen LogP contribution in [0, 0.1) is 13.8 Å². The van der Waals surface area contributed by atoms with Gasteiger partial charge in [0.2, 0.25) is 10.0 Å². The van der Waals surface area contributed by atoms with Crippen LogP contribution in [-0.2, 0) is 16.6 Å². The molecule has 120 valence electrons. The van der Waals surface area contributed by atoms with Crippen LogP contribution in [0.4, 0.5) is 0 Å². The average Bonchev–Trinajstić information content (AvgIpc) is 2.79. The Balaban J connectivity index is 2.19. The quantitative estimate of drug-likeness (QED) is 0.849. The summed E-state index contributed by atoms with van der Waals surface area (Å²) in [5.41, 5.74) is 2.78. The molecule has 1 atom stereocenters. The predicted octanol–water partition coefficient (Wildman–Crippen LogP) is 2.18. The van der Waals surface area contributed by atoms with Crippen molar-refractivity contribution in [1.29, 1.82) is 0 Å². The van der Waals surface area contributed by atoms with Crippen LogP contribution in [0.25, 0.3) is 0 Å². The van der Waals surface area contributed by atoms with Crippen LogP contribution in [0.3, 0.4) is 0 Å². The van der Waals surface area contributed by atoms with E-state index in [1.54, 1.807) is 12.1 Å². The second kappa shape index (κ2) is 6.60. The minimum absolute atomic E-state index is 0.0235. The number of nitrogens with zero attached hydrogens (tertiary/aromatic N) is 1. The van der Waals surface area contributed by atoms with Crippen LogP contribution in [-0.4, -0.2) is 13.6 Å². The molecule has 0 unspecified atom stereocenters. The van der Waals surface area contributed by atoms with E-state index in [0.29, 0.717) is 6.54 Å². The molecule has 1 aromatic carbocycles. The fourth-order valence-corrected chi connectivity index (χ4v) is 2.95. The van der Waals surface area contributed by atoms with Gasteiger partial charge >= 0.3 is 0 Å². The number of hydrogen-bond donors (Lipinski definition) is 2. The van der Waals surface area contributed by atoms with Gasteiger partial charge in [-0.15, -0.1) is 0 Å². The number of aryl methyl sites for hydroxylation is 2. The third kappa shape index (κ3) is 3.73. The van der Waals surface area contributed by atoms with Crippen molar-refractivity contribution in [2.45, 2.75) is 44.7 Å². The summed E-state index contributed by atoms with van der Waals surface area (Å²) in [6, 6.07) is 6.73. The summed E-state index contributed by atoms with van der Waals surface area (Å²) >= 11 is 0. The number of nitrogens with two attached hydrogens (primary N) is 1. The molecule has 0 spiro atoms. The van der Waals surface area contributed by atoms with Gasteiger partial charge in [0.25, 0.3) is 0 Å². The first-order valence-corrected chi connectivity index (χ1v) is 8.65. The van der Waals surface area contributed by atoms with Gasteiger partial charge in [-0.25, -0.2) is 13.6 Å². The number of nitrogens with one attached hydrogen (secondary N) is 1. The third-order valence-corrected chi connectivity index (χ3v) is 4.61. The maximum Gasteiger partial charge on any atom is 0.238 e. The van der Waals surface area contributed by atoms with Crippen molar-refractivity contribution >= 4 is 10.0 Å². The van der Waals surface area contributed by atoms with Crippen LogP contribution in [0.5, 0.6) is 0 Å². The Kier molecular flexibility index (Phi) is 5.00. The number of aromatic nitrogens is 1. The lowest BCUT2D eigenvalue weighted by molar-refractivity contribution is 0.391. The standard InChI is InChI=1S/C15H21N3O3S/c1-4-15(17-9-14-10(2)18-21-11(14)3)12-6-5-7-13(8-12)22(16,19)20/h5-8,15,17H,4,9H2,1-3H3,(H2,16,19,20)/t15-/m0/s1. The van der Waals surface area contributed by atoms with Crippen LogP contribution in [0.1, 0.15) is 42.0 Å². The van der Waals surface area contributed by atoms with Crippen molar-refractivity contribution in [3.63, 3.8) is 0 Å². The summed E-state index contributed by atoms with van der Waals surface area (Å²) in [6.45, 7) is 6.42. The Morgan fingerprint density at radius 1 is 1.36 bits per heavy atom. The molecular weight excluding hydrogens is 302 g/mol. The van der Waals surface area contributed by atoms with Gasteiger partial charge in [0.1, 0.15) is 5.76 Å². The topological polar surface area (TPSA) is 98.2 Å². The number of rotatable bonds is 6. The monoisotopic (exact) mass is 323 g/mol. The Morgan fingerprint density at radius 3 is 2.64 bits per heavy atom. The molecule has 2 aromatic rings. The van der Waals surface area contributed by atoms with Crippen molar-refractivity contribution in [1.82, 2.24) is 10.5 Å². The normalized spacial score (nSPS) is 13.3. The summed E-state index contributed by atoms with van der Waals surface area (Å²) in [6.07, 6.45) is 0.817. The van der Waals surface area contributed by atoms with Gasteiger partial charge < -0.3 is 9.84 Å². The zero-order chi connectivity index (χ0) is 16.3. The van der Waals surface area contributed by atoms with E-state index < -0.39 is 10.0 Å². The van der Waals surface area contributed by atoms with E-state index in [0.717, 1.165) is 29.0 Å². The van der Waals surface area contributed by atoms with E-state index in [2.05, 4.69) is 10.5 Å². The highest BCUT2D eigenvalue weighted by Gasteiger charge is 2.15. The highest BCUT2D eigenvalue weighted by atomic mass is 32.2. The molecule has 1 heterocycles. The van der Waals surface area contributed by atoms with Gasteiger partial charge in [-0.05, 0) is 38.0 Å². The second-order valence-electron chi connectivity index (χ2n) is 5.26. The van der Waals surface area contributed by atoms with Crippen molar-refractivity contribution in [2.24, 2.45) is 5.14 Å². The fraction of sp³-hybridized carbons (Fsp3) is 0.400. The molecular formula is C15H21N3O3S. The molecule has 0 saturated heterocycles. The third-order valence-electron chi connectivity index (χ3n) is 3.70. The summed E-state index contributed by atoms with van der Waals surface area (Å²) in [7, 11) is -3.69. The minimum atomic E-state index is -3.69. The van der Waals surface area contributed by atoms with Gasteiger partial charge in [-0.2, -0.15) is 0 Å². The SMILES string of the molecule is CC[C@H](NCc1c(C)noc1C)c1cccc(S(N)(=O)=O)c1. The number of hydrogen-bond acceptors (Lipinski definition) is 5. The minimum Gasteiger partial charge on any atom is -0.361 e. The van der Waals surface area contributed by atoms with Crippen LogP contribution in [0.15, 0.2) is 33.7 Å². The van der Waals surface area contributed by atoms with Crippen LogP contribution >= 0.6 is 0 Å². The number of benzene rings is 1. The molecule has 2 rings (SSSR count). The number of primary sulfonamides is 1. The van der Waals surface area contributed by atoms with Crippen LogP contribution in [0.2, 0.25) is 0 Å². The smallest absolute Gasteiger partial charge is 0.238 e. The number of sulfonamides is 1. The highest BCUT2D eigenvalue weighted by Crippen LogP contribution is 2.21. The summed E-state index contributed by atoms with van der Waals surface area (Å²) in [4.78, 5) is 0.127. The maximum atomic E-state index is 11.5. The van der Waals surface area contributed by atoms with Crippen LogP contribution < -0.4 is 10.5 Å². The average molecular weight is 323 g/mol. The molecule has 3 N–H and O–H groups in total. The van der Waals surface area contributed by atoms with E-state index in [1.165, 1.54) is 6.07 Å². The second-order valence-corrected chi connectivity index (χ2v) is 6.82. The molecule has 0 aliphatic heterocycles. The fourth-order valence-electron chi connectivity index (χ4n) is 2.39. The van der Waals surface area contributed by atoms with Crippen molar-refractivity contribution < 1.29 is 12.9 Å². The molecule has 6 nitrogen and oxygen atoms in total. The van der Waals surface area contributed by atoms with Gasteiger partial charge in [0, 0.05) is 18.2 Å². The van der Waals surface area contributed by atoms with E-state index in [1.807, 2.05) is 26.8 Å². The molecule has 7 heteroatoms. The van der Waals surface area contributed by atoms with E-state index >= 15 is 0 Å². The van der Waals surface area contributed by atoms with Gasteiger partial charge in [0.05, 0.1) is 10.6 Å². The first-order valence-electron chi connectivity index (χ1n) is 7.10. The van der Waals surface area contributed by atoms with Crippen molar-refractivity contribution in [2.75, 3.05) is 0 Å². The molecule has 0 saturated carbocycles. The lowest BCUT2D eigenvalue weighted by Gasteiger charge is -2.18. The van der Waals surface area contributed by atoms with E-state index in [9.17, 15) is 8.42 Å². The lowest BCUT2D eigenvalue weighted by Crippen LogP contribution is -2.21. The molecule has 1 aromatic heterocycles. The Morgan fingerprint density at radius 2 is 2.09 bits per heavy atom. The highest BCUT2D eigenvalue weighted by molar-refractivity contribution is 7.89. The molecule has 22 heavy (non-hydrogen) atoms. The Labute approximate surface area is 130 Å². The molecule has 0 radical (unpaired) electrons. The zero-order valence-electron chi connectivity index (χ0n) is 13.0. The van der Waals surface area contributed by atoms with E-state index in [4.69, 9.17) is 9.66 Å². The predicted molar refractivity (Wildman–Crippen MR) is 83.7 cm³/mol. The lowest BCUT2D eigenvalue weighted by atomic mass is 10.0. The molecule has 0 bridgehead atoms. The maximum absolute atomic E-state index is 11.5. The van der Waals surface area contributed by atoms with Crippen molar-refractivity contribution in [3.8, 4) is 0 Å². The first kappa shape index (κ1) is 16.7. The summed E-state index contributed by atoms with van der Waals surface area (Å²) in [5.74, 6) is 0.790. The summed E-state index contributed by atoms with van der Waals surface area (Å²) < 4.78 is 28.1. The largest absolute Gasteiger partial charge is 0.361 e. The zero-order valence-corrected chi connectivity index (χ0v) is 13.8. The summed E-state index contributed by atoms with van der Waals surface area (Å²) in [5, 5.41) is 12.5. The first-order chi connectivity index (χ1) is 10.3. The van der Waals surface area contributed by atoms with Gasteiger partial charge in [0.15, 0.2) is 0 Å². The van der Waals surface area contributed by atoms with Crippen molar-refractivity contribution in [3.05, 3.63) is 46.8 Å². The van der Waals surface area contributed by atoms with Gasteiger partial charge in [-0.1, -0.05) is 24.2 Å². The Bertz CT molecular complexity index is 734.